The standard InChI is InChI=1S/C11H14ClN3O/c1-2-3-6-14-11(16)15-8-4-5-10(13)9(12)7-8/h3-7H,2,13H2,1H3,(H2,14,15,16)/b6-3+. The Bertz CT molecular complexity index is 404. The lowest BCUT2D eigenvalue weighted by molar-refractivity contribution is 0.255. The molecule has 16 heavy (non-hydrogen) atoms. The fraction of sp³-hybridized carbons (Fsp3) is 0.182. The summed E-state index contributed by atoms with van der Waals surface area (Å²) in [5.41, 5.74) is 6.63. The third-order valence-electron chi connectivity index (χ3n) is 1.83. The molecule has 0 aliphatic heterocycles. The summed E-state index contributed by atoms with van der Waals surface area (Å²) in [7, 11) is 0. The van der Waals surface area contributed by atoms with Crippen molar-refractivity contribution >= 4 is 29.0 Å². The topological polar surface area (TPSA) is 67.2 Å². The number of allylic oxidation sites excluding steroid dienone is 1. The normalized spacial score (nSPS) is 10.4. The average molecular weight is 240 g/mol. The Balaban J connectivity index is 2.56. The molecule has 0 aliphatic rings. The van der Waals surface area contributed by atoms with Gasteiger partial charge in [0.25, 0.3) is 0 Å². The lowest BCUT2D eigenvalue weighted by Crippen LogP contribution is -2.23. The monoisotopic (exact) mass is 239 g/mol. The maximum atomic E-state index is 11.3. The van der Waals surface area contributed by atoms with Crippen LogP contribution in [0.3, 0.4) is 0 Å². The van der Waals surface area contributed by atoms with E-state index in [1.807, 2.05) is 13.0 Å². The number of amides is 2. The van der Waals surface area contributed by atoms with E-state index in [-0.39, 0.29) is 6.03 Å². The van der Waals surface area contributed by atoms with Crippen molar-refractivity contribution in [2.45, 2.75) is 13.3 Å². The number of urea groups is 1. The van der Waals surface area contributed by atoms with Gasteiger partial charge in [-0.25, -0.2) is 4.79 Å². The second-order valence-electron chi connectivity index (χ2n) is 3.15. The summed E-state index contributed by atoms with van der Waals surface area (Å²) in [5.74, 6) is 0. The summed E-state index contributed by atoms with van der Waals surface area (Å²) in [6, 6.07) is 4.61. The van der Waals surface area contributed by atoms with E-state index >= 15 is 0 Å². The molecule has 0 atom stereocenters. The van der Waals surface area contributed by atoms with Gasteiger partial charge >= 0.3 is 6.03 Å². The van der Waals surface area contributed by atoms with Crippen molar-refractivity contribution in [3.05, 3.63) is 35.5 Å². The number of benzene rings is 1. The van der Waals surface area contributed by atoms with Gasteiger partial charge in [-0.15, -0.1) is 0 Å². The first-order valence-electron chi connectivity index (χ1n) is 4.91. The van der Waals surface area contributed by atoms with Crippen molar-refractivity contribution in [2.24, 2.45) is 0 Å². The van der Waals surface area contributed by atoms with Crippen LogP contribution in [0.15, 0.2) is 30.5 Å². The van der Waals surface area contributed by atoms with Crippen LogP contribution in [0.2, 0.25) is 5.02 Å². The molecule has 1 aromatic rings. The first kappa shape index (κ1) is 12.4. The van der Waals surface area contributed by atoms with Crippen molar-refractivity contribution in [1.29, 1.82) is 0 Å². The van der Waals surface area contributed by atoms with Gasteiger partial charge < -0.3 is 16.4 Å². The maximum Gasteiger partial charge on any atom is 0.323 e. The van der Waals surface area contributed by atoms with Gasteiger partial charge in [0.2, 0.25) is 0 Å². The Morgan fingerprint density at radius 2 is 2.31 bits per heavy atom. The van der Waals surface area contributed by atoms with Crippen LogP contribution in [0.25, 0.3) is 0 Å². The molecule has 0 aliphatic carbocycles. The Hall–Kier alpha value is -1.68. The Morgan fingerprint density at radius 3 is 2.94 bits per heavy atom. The van der Waals surface area contributed by atoms with Crippen LogP contribution < -0.4 is 16.4 Å². The third kappa shape index (κ3) is 3.82. The van der Waals surface area contributed by atoms with E-state index in [0.29, 0.717) is 16.4 Å². The molecule has 5 heteroatoms. The molecule has 86 valence electrons. The summed E-state index contributed by atoms with van der Waals surface area (Å²) < 4.78 is 0. The van der Waals surface area contributed by atoms with Crippen molar-refractivity contribution in [3.63, 3.8) is 0 Å². The van der Waals surface area contributed by atoms with E-state index in [1.165, 1.54) is 0 Å². The van der Waals surface area contributed by atoms with Crippen LogP contribution in [0.1, 0.15) is 13.3 Å². The first-order valence-corrected chi connectivity index (χ1v) is 5.29. The Kier molecular flexibility index (Phi) is 4.66. The number of hydrogen-bond acceptors (Lipinski definition) is 2. The molecule has 0 saturated carbocycles. The minimum atomic E-state index is -0.314. The zero-order chi connectivity index (χ0) is 12.0. The highest BCUT2D eigenvalue weighted by Gasteiger charge is 2.01. The maximum absolute atomic E-state index is 11.3. The van der Waals surface area contributed by atoms with Crippen LogP contribution >= 0.6 is 11.6 Å². The SMILES string of the molecule is CC/C=C/NC(=O)Nc1ccc(N)c(Cl)c1. The summed E-state index contributed by atoms with van der Waals surface area (Å²) in [6.45, 7) is 1.98. The van der Waals surface area contributed by atoms with Crippen LogP contribution in [0, 0.1) is 0 Å². The van der Waals surface area contributed by atoms with E-state index < -0.39 is 0 Å². The second-order valence-corrected chi connectivity index (χ2v) is 3.55. The number of anilines is 2. The predicted molar refractivity (Wildman–Crippen MR) is 67.4 cm³/mol. The number of nitrogens with two attached hydrogens (primary N) is 1. The lowest BCUT2D eigenvalue weighted by Gasteiger charge is -2.05. The van der Waals surface area contributed by atoms with Gasteiger partial charge in [0.05, 0.1) is 10.7 Å². The summed E-state index contributed by atoms with van der Waals surface area (Å²) in [6.07, 6.45) is 4.30. The van der Waals surface area contributed by atoms with Gasteiger partial charge in [-0.3, -0.25) is 0 Å². The highest BCUT2D eigenvalue weighted by Crippen LogP contribution is 2.22. The van der Waals surface area contributed by atoms with Crippen molar-refractivity contribution < 1.29 is 4.79 Å². The molecule has 2 amide bonds. The minimum Gasteiger partial charge on any atom is -0.398 e. The summed E-state index contributed by atoms with van der Waals surface area (Å²) >= 11 is 5.81. The van der Waals surface area contributed by atoms with E-state index in [1.54, 1.807) is 24.4 Å². The van der Waals surface area contributed by atoms with E-state index in [4.69, 9.17) is 17.3 Å². The van der Waals surface area contributed by atoms with Crippen LogP contribution in [0.4, 0.5) is 16.2 Å². The lowest BCUT2D eigenvalue weighted by atomic mass is 10.3. The van der Waals surface area contributed by atoms with Gasteiger partial charge in [0, 0.05) is 11.9 Å². The number of nitrogens with one attached hydrogen (secondary N) is 2. The zero-order valence-electron chi connectivity index (χ0n) is 8.96. The molecule has 0 aromatic heterocycles. The average Bonchev–Trinajstić information content (AvgIpc) is 2.24. The second kappa shape index (κ2) is 6.02. The van der Waals surface area contributed by atoms with Gasteiger partial charge in [-0.05, 0) is 24.6 Å². The number of carbonyl (C=O) groups is 1. The molecule has 0 fully saturated rings. The highest BCUT2D eigenvalue weighted by atomic mass is 35.5. The molecule has 0 spiro atoms. The number of nitrogen functional groups attached to an aromatic ring is 1. The number of carbonyl (C=O) groups excluding carboxylic acids is 1. The Labute approximate surface area is 99.5 Å². The molecule has 0 bridgehead atoms. The predicted octanol–water partition coefficient (Wildman–Crippen LogP) is 2.97. The molecule has 4 N–H and O–H groups in total. The third-order valence-corrected chi connectivity index (χ3v) is 2.15. The number of hydrogen-bond donors (Lipinski definition) is 3. The molecule has 0 heterocycles. The number of halogens is 1. The van der Waals surface area contributed by atoms with Gasteiger partial charge in [0.1, 0.15) is 0 Å². The number of rotatable bonds is 3. The van der Waals surface area contributed by atoms with E-state index in [9.17, 15) is 4.79 Å². The smallest absolute Gasteiger partial charge is 0.323 e. The van der Waals surface area contributed by atoms with E-state index in [0.717, 1.165) is 6.42 Å². The van der Waals surface area contributed by atoms with Gasteiger partial charge in [0.15, 0.2) is 0 Å². The van der Waals surface area contributed by atoms with Crippen LogP contribution in [-0.4, -0.2) is 6.03 Å². The molecule has 0 unspecified atom stereocenters. The van der Waals surface area contributed by atoms with Gasteiger partial charge in [-0.1, -0.05) is 24.6 Å². The van der Waals surface area contributed by atoms with Crippen molar-refractivity contribution in [3.8, 4) is 0 Å². The van der Waals surface area contributed by atoms with Crippen LogP contribution in [-0.2, 0) is 0 Å². The molecule has 1 rings (SSSR count). The molecule has 4 nitrogen and oxygen atoms in total. The molecule has 0 saturated heterocycles. The Morgan fingerprint density at radius 1 is 1.56 bits per heavy atom. The van der Waals surface area contributed by atoms with Crippen molar-refractivity contribution in [1.82, 2.24) is 5.32 Å². The summed E-state index contributed by atoms with van der Waals surface area (Å²) in [4.78, 5) is 11.3. The largest absolute Gasteiger partial charge is 0.398 e. The molecular formula is C11H14ClN3O. The van der Waals surface area contributed by atoms with Crippen molar-refractivity contribution in [2.75, 3.05) is 11.1 Å². The first-order chi connectivity index (χ1) is 7.63. The highest BCUT2D eigenvalue weighted by molar-refractivity contribution is 6.33. The molecule has 0 radical (unpaired) electrons. The fourth-order valence-corrected chi connectivity index (χ4v) is 1.21. The van der Waals surface area contributed by atoms with Crippen LogP contribution in [0.5, 0.6) is 0 Å². The zero-order valence-corrected chi connectivity index (χ0v) is 9.71. The van der Waals surface area contributed by atoms with Gasteiger partial charge in [-0.2, -0.15) is 0 Å². The van der Waals surface area contributed by atoms with E-state index in [2.05, 4.69) is 10.6 Å². The molecular weight excluding hydrogens is 226 g/mol. The fourth-order valence-electron chi connectivity index (χ4n) is 1.02. The minimum absolute atomic E-state index is 0.314. The summed E-state index contributed by atoms with van der Waals surface area (Å²) in [5, 5.41) is 5.61. The molecule has 1 aromatic carbocycles. The quantitative estimate of drug-likeness (QED) is 0.710.